The highest BCUT2D eigenvalue weighted by molar-refractivity contribution is 5.95. The molecule has 4 N–H and O–H groups in total. The Morgan fingerprint density at radius 1 is 1.13 bits per heavy atom. The fraction of sp³-hybridized carbons (Fsp3) is 0.714. The second-order valence-corrected chi connectivity index (χ2v) is 17.9. The number of anilines is 1. The van der Waals surface area contributed by atoms with Gasteiger partial charge in [-0.25, -0.2) is 4.39 Å². The molecule has 1 aromatic rings. The summed E-state index contributed by atoms with van der Waals surface area (Å²) in [4.78, 5) is 38.3. The van der Waals surface area contributed by atoms with Crippen LogP contribution in [0.15, 0.2) is 41.4 Å². The molecule has 0 radical (unpaired) electrons. The van der Waals surface area contributed by atoms with Gasteiger partial charge in [-0.15, -0.1) is 0 Å². The van der Waals surface area contributed by atoms with Crippen molar-refractivity contribution in [1.29, 1.82) is 0 Å². The van der Waals surface area contributed by atoms with Crippen LogP contribution in [0, 0.1) is 35.0 Å². The van der Waals surface area contributed by atoms with Crippen LogP contribution in [0.2, 0.25) is 0 Å². The fourth-order valence-electron chi connectivity index (χ4n) is 9.81. The van der Waals surface area contributed by atoms with Gasteiger partial charge in [0.05, 0.1) is 26.4 Å². The van der Waals surface area contributed by atoms with E-state index in [-0.39, 0.29) is 47.3 Å². The first kappa shape index (κ1) is 42.1. The number of carbonyl (C=O) groups excluding carboxylic acids is 2. The van der Waals surface area contributed by atoms with Crippen molar-refractivity contribution in [2.45, 2.75) is 103 Å². The van der Waals surface area contributed by atoms with Gasteiger partial charge in [-0.2, -0.15) is 5.06 Å². The van der Waals surface area contributed by atoms with Gasteiger partial charge in [-0.3, -0.25) is 14.4 Å². The lowest BCUT2D eigenvalue weighted by atomic mass is 9.45. The smallest absolute Gasteiger partial charge is 0.251 e. The van der Waals surface area contributed by atoms with Gasteiger partial charge in [-0.1, -0.05) is 34.6 Å². The summed E-state index contributed by atoms with van der Waals surface area (Å²) in [5.41, 5.74) is 2.57. The average Bonchev–Trinajstić information content (AvgIpc) is 3.47. The van der Waals surface area contributed by atoms with Crippen molar-refractivity contribution < 1.29 is 33.8 Å². The number of halogens is 1. The molecule has 5 aliphatic rings. The number of aliphatic hydroxyl groups is 2. The molecule has 12 heteroatoms. The van der Waals surface area contributed by atoms with E-state index in [9.17, 15) is 19.8 Å². The number of hydrogen-bond donors (Lipinski definition) is 4. The summed E-state index contributed by atoms with van der Waals surface area (Å²) in [5, 5.41) is 29.2. The van der Waals surface area contributed by atoms with Crippen LogP contribution in [-0.4, -0.2) is 117 Å². The standard InChI is InChI=1S/C42H66FN5O6/c1-23(2)14-29(20-46(7)8)44-40(51)27-15-26(16-30(17-27)47(9)10)31-12-13-34(43)32(39(31)53-11)21-48-38(37(25(4)50)36(22-49)54-48)41(52)45-35-19-28-18-33(24(35)3)42(28,5)6/h13,15-17,23-25,28-29,31,33,35-38,49-50H,12,14,18-22H2,1-11H3,(H,44,51)(H,45,52)/t24?,25-,28+,29-,31?,33-,35-,36-,37+,38-/m0/s1. The van der Waals surface area contributed by atoms with E-state index in [2.05, 4.69) is 50.2 Å². The summed E-state index contributed by atoms with van der Waals surface area (Å²) >= 11 is 0. The first-order valence-electron chi connectivity index (χ1n) is 19.8. The zero-order chi connectivity index (χ0) is 39.8. The van der Waals surface area contributed by atoms with Gasteiger partial charge in [-0.05, 0) is 106 Å². The number of ether oxygens (including phenoxy) is 1. The van der Waals surface area contributed by atoms with Crippen molar-refractivity contribution in [3.63, 3.8) is 0 Å². The molecule has 4 aliphatic carbocycles. The largest absolute Gasteiger partial charge is 0.500 e. The number of rotatable bonds is 15. The predicted molar refractivity (Wildman–Crippen MR) is 209 cm³/mol. The fourth-order valence-corrected chi connectivity index (χ4v) is 9.81. The third-order valence-corrected chi connectivity index (χ3v) is 12.8. The lowest BCUT2D eigenvalue weighted by molar-refractivity contribution is -0.174. The van der Waals surface area contributed by atoms with E-state index in [1.54, 1.807) is 6.92 Å². The predicted octanol–water partition coefficient (Wildman–Crippen LogP) is 4.86. The SMILES string of the molecule is COC1=C(CN2O[C@@H](CO)[C@@H]([C@H](C)O)[C@H]2C(=O)N[C@H]2C[C@H]3C[C@@H](C2C)C3(C)C)C(F)=CCC1c1cc(C(=O)N[C@@H](CC(C)C)CN(C)C)cc(N(C)C)c1. The van der Waals surface area contributed by atoms with E-state index < -0.39 is 42.5 Å². The minimum atomic E-state index is -0.981. The van der Waals surface area contributed by atoms with Gasteiger partial charge in [0.1, 0.15) is 23.7 Å². The minimum Gasteiger partial charge on any atom is -0.500 e. The molecule has 2 bridgehead atoms. The Balaban J connectivity index is 1.45. The molecule has 10 atom stereocenters. The van der Waals surface area contributed by atoms with Crippen LogP contribution in [0.25, 0.3) is 0 Å². The number of nitrogens with zero attached hydrogens (tertiary/aromatic N) is 3. The monoisotopic (exact) mass is 755 g/mol. The molecule has 302 valence electrons. The Morgan fingerprint density at radius 2 is 1.83 bits per heavy atom. The van der Waals surface area contributed by atoms with E-state index in [1.807, 2.05) is 51.3 Å². The Kier molecular flexibility index (Phi) is 13.3. The number of amides is 2. The Hall–Kier alpha value is -3.03. The number of nitrogens with one attached hydrogen (secondary N) is 2. The lowest BCUT2D eigenvalue weighted by Gasteiger charge is -2.62. The molecule has 1 aromatic carbocycles. The van der Waals surface area contributed by atoms with Gasteiger partial charge in [0.2, 0.25) is 5.91 Å². The van der Waals surface area contributed by atoms with E-state index in [0.29, 0.717) is 42.0 Å². The summed E-state index contributed by atoms with van der Waals surface area (Å²) in [6, 6.07) is 4.67. The van der Waals surface area contributed by atoms with Crippen LogP contribution in [0.4, 0.5) is 10.1 Å². The number of carbonyl (C=O) groups is 2. The van der Waals surface area contributed by atoms with Crippen molar-refractivity contribution in [3.8, 4) is 0 Å². The third kappa shape index (κ3) is 8.68. The topological polar surface area (TPSA) is 127 Å². The molecule has 1 heterocycles. The first-order chi connectivity index (χ1) is 25.4. The maximum absolute atomic E-state index is 16.1. The number of fused-ring (bicyclic) bond motifs is 2. The second-order valence-electron chi connectivity index (χ2n) is 17.9. The summed E-state index contributed by atoms with van der Waals surface area (Å²) in [6.07, 6.45) is 2.85. The minimum absolute atomic E-state index is 0.0256. The molecule has 2 unspecified atom stereocenters. The quantitative estimate of drug-likeness (QED) is 0.199. The zero-order valence-corrected chi connectivity index (χ0v) is 34.4. The number of aliphatic hydroxyl groups excluding tert-OH is 2. The summed E-state index contributed by atoms with van der Waals surface area (Å²) in [6.45, 7) is 12.8. The van der Waals surface area contributed by atoms with Crippen molar-refractivity contribution in [2.24, 2.45) is 35.0 Å². The molecule has 3 saturated carbocycles. The van der Waals surface area contributed by atoms with Gasteiger partial charge in [0.25, 0.3) is 5.91 Å². The van der Waals surface area contributed by atoms with E-state index in [0.717, 1.165) is 24.1 Å². The third-order valence-electron chi connectivity index (χ3n) is 12.8. The Bertz CT molecular complexity index is 1570. The lowest BCUT2D eigenvalue weighted by Crippen LogP contribution is -2.62. The first-order valence-corrected chi connectivity index (χ1v) is 19.8. The number of hydrogen-bond acceptors (Lipinski definition) is 9. The average molecular weight is 756 g/mol. The van der Waals surface area contributed by atoms with E-state index in [1.165, 1.54) is 24.7 Å². The van der Waals surface area contributed by atoms with Crippen molar-refractivity contribution >= 4 is 17.5 Å². The molecule has 54 heavy (non-hydrogen) atoms. The zero-order valence-electron chi connectivity index (χ0n) is 34.4. The van der Waals surface area contributed by atoms with Crippen LogP contribution < -0.4 is 15.5 Å². The van der Waals surface area contributed by atoms with Gasteiger partial charge in [0, 0.05) is 61.4 Å². The number of hydroxylamine groups is 2. The molecule has 2 amide bonds. The van der Waals surface area contributed by atoms with Crippen molar-refractivity contribution in [2.75, 3.05) is 59.9 Å². The van der Waals surface area contributed by atoms with Crippen molar-refractivity contribution in [3.05, 3.63) is 52.6 Å². The molecular formula is C42H66FN5O6. The Labute approximate surface area is 322 Å². The summed E-state index contributed by atoms with van der Waals surface area (Å²) < 4.78 is 22.1. The van der Waals surface area contributed by atoms with Crippen LogP contribution in [0.5, 0.6) is 0 Å². The van der Waals surface area contributed by atoms with Gasteiger partial charge in [0.15, 0.2) is 0 Å². The maximum atomic E-state index is 16.1. The molecule has 6 rings (SSSR count). The summed E-state index contributed by atoms with van der Waals surface area (Å²) in [5.74, 6) is -0.0539. The van der Waals surface area contributed by atoms with Crippen LogP contribution in [-0.2, 0) is 14.4 Å². The number of likely N-dealkylation sites (N-methyl/N-ethyl adjacent to an activating group) is 1. The molecular weight excluding hydrogens is 689 g/mol. The van der Waals surface area contributed by atoms with Gasteiger partial charge >= 0.3 is 0 Å². The summed E-state index contributed by atoms with van der Waals surface area (Å²) in [7, 11) is 9.32. The second kappa shape index (κ2) is 17.0. The van der Waals surface area contributed by atoms with E-state index in [4.69, 9.17) is 9.57 Å². The molecule has 0 aromatic heterocycles. The normalized spacial score (nSPS) is 30.5. The molecule has 1 saturated heterocycles. The highest BCUT2D eigenvalue weighted by Gasteiger charge is 2.57. The molecule has 0 spiro atoms. The van der Waals surface area contributed by atoms with Gasteiger partial charge < -0.3 is 35.4 Å². The number of allylic oxidation sites excluding steroid dienone is 2. The Morgan fingerprint density at radius 3 is 2.39 bits per heavy atom. The molecule has 1 aliphatic heterocycles. The van der Waals surface area contributed by atoms with Crippen LogP contribution >= 0.6 is 0 Å². The van der Waals surface area contributed by atoms with Crippen LogP contribution in [0.1, 0.15) is 89.1 Å². The molecule has 4 fully saturated rings. The number of benzene rings is 1. The van der Waals surface area contributed by atoms with Crippen LogP contribution in [0.3, 0.4) is 0 Å². The number of methoxy groups -OCH3 is 1. The highest BCUT2D eigenvalue weighted by Crippen LogP contribution is 2.61. The highest BCUT2D eigenvalue weighted by atomic mass is 19.1. The van der Waals surface area contributed by atoms with Crippen molar-refractivity contribution in [1.82, 2.24) is 20.6 Å². The van der Waals surface area contributed by atoms with E-state index >= 15 is 4.39 Å². The maximum Gasteiger partial charge on any atom is 0.251 e. The molecule has 11 nitrogen and oxygen atoms in total.